The summed E-state index contributed by atoms with van der Waals surface area (Å²) < 4.78 is 3.29. The van der Waals surface area contributed by atoms with E-state index in [9.17, 15) is 9.59 Å². The number of aryl methyl sites for hydroxylation is 1. The lowest BCUT2D eigenvalue weighted by Gasteiger charge is -2.14. The summed E-state index contributed by atoms with van der Waals surface area (Å²) in [5.41, 5.74) is 2.88. The molecule has 2 aromatic carbocycles. The molecule has 9 heteroatoms. The molecule has 0 saturated carbocycles. The minimum atomic E-state index is -0.283. The molecular formula is C22H18ClN5O2S. The summed E-state index contributed by atoms with van der Waals surface area (Å²) in [6, 6.07) is 14.7. The summed E-state index contributed by atoms with van der Waals surface area (Å²) in [7, 11) is 0. The van der Waals surface area contributed by atoms with E-state index < -0.39 is 0 Å². The largest absolute Gasteiger partial charge is 0.325 e. The number of thioether (sulfide) groups is 1. The van der Waals surface area contributed by atoms with Crippen molar-refractivity contribution in [1.29, 1.82) is 0 Å². The van der Waals surface area contributed by atoms with Gasteiger partial charge in [0.05, 0.1) is 28.6 Å². The van der Waals surface area contributed by atoms with Crippen LogP contribution in [0, 0.1) is 6.92 Å². The van der Waals surface area contributed by atoms with Gasteiger partial charge in [0, 0.05) is 12.2 Å². The van der Waals surface area contributed by atoms with Crippen molar-refractivity contribution in [3.8, 4) is 5.69 Å². The van der Waals surface area contributed by atoms with Gasteiger partial charge in [-0.05, 0) is 31.2 Å². The van der Waals surface area contributed by atoms with Crippen molar-refractivity contribution in [3.05, 3.63) is 75.7 Å². The van der Waals surface area contributed by atoms with E-state index in [1.165, 1.54) is 11.8 Å². The number of aromatic nitrogens is 4. The molecule has 1 aliphatic rings. The van der Waals surface area contributed by atoms with E-state index in [2.05, 4.69) is 10.4 Å². The monoisotopic (exact) mass is 451 g/mol. The Balaban J connectivity index is 1.45. The third-order valence-electron chi connectivity index (χ3n) is 5.22. The van der Waals surface area contributed by atoms with E-state index in [0.717, 1.165) is 11.3 Å². The molecule has 156 valence electrons. The number of hydrogen-bond donors (Lipinski definition) is 1. The Hall–Kier alpha value is -3.10. The number of benzene rings is 2. The van der Waals surface area contributed by atoms with Crippen LogP contribution in [-0.4, -0.2) is 31.0 Å². The Morgan fingerprint density at radius 3 is 2.77 bits per heavy atom. The van der Waals surface area contributed by atoms with Crippen LogP contribution in [0.5, 0.6) is 0 Å². The molecule has 5 rings (SSSR count). The summed E-state index contributed by atoms with van der Waals surface area (Å²) in [4.78, 5) is 30.5. The number of nitrogens with one attached hydrogen (secondary N) is 1. The number of amides is 1. The van der Waals surface area contributed by atoms with Gasteiger partial charge in [-0.3, -0.25) is 14.2 Å². The molecule has 0 radical (unpaired) electrons. The normalized spacial score (nSPS) is 15.2. The molecule has 31 heavy (non-hydrogen) atoms. The Morgan fingerprint density at radius 2 is 2.00 bits per heavy atom. The maximum atomic E-state index is 13.2. The highest BCUT2D eigenvalue weighted by Gasteiger charge is 2.29. The SMILES string of the molecule is Cc1ccc(-n2ncc3c(=O)n4c(nc32)SCC4CC(=O)Nc2ccccc2Cl)cc1. The molecule has 3 heterocycles. The van der Waals surface area contributed by atoms with E-state index in [1.54, 1.807) is 39.7 Å². The second-order valence-corrected chi connectivity index (χ2v) is 8.79. The average Bonchev–Trinajstić information content (AvgIpc) is 3.35. The molecule has 1 aliphatic heterocycles. The zero-order valence-corrected chi connectivity index (χ0v) is 18.2. The van der Waals surface area contributed by atoms with Crippen molar-refractivity contribution in [2.24, 2.45) is 0 Å². The number of rotatable bonds is 4. The van der Waals surface area contributed by atoms with Crippen LogP contribution in [0.3, 0.4) is 0 Å². The van der Waals surface area contributed by atoms with Gasteiger partial charge in [0.2, 0.25) is 5.91 Å². The number of carbonyl (C=O) groups excluding carboxylic acids is 1. The van der Waals surface area contributed by atoms with E-state index in [-0.39, 0.29) is 23.9 Å². The maximum absolute atomic E-state index is 13.2. The smallest absolute Gasteiger partial charge is 0.265 e. The van der Waals surface area contributed by atoms with Gasteiger partial charge in [-0.25, -0.2) is 9.67 Å². The van der Waals surface area contributed by atoms with Gasteiger partial charge in [0.25, 0.3) is 5.56 Å². The van der Waals surface area contributed by atoms with Crippen LogP contribution in [0.1, 0.15) is 18.0 Å². The Bertz CT molecular complexity index is 1360. The molecule has 0 bridgehead atoms. The predicted octanol–water partition coefficient (Wildman–Crippen LogP) is 4.22. The lowest BCUT2D eigenvalue weighted by atomic mass is 10.2. The van der Waals surface area contributed by atoms with Crippen LogP contribution in [0.15, 0.2) is 64.7 Å². The van der Waals surface area contributed by atoms with Crippen molar-refractivity contribution < 1.29 is 4.79 Å². The molecule has 0 saturated heterocycles. The van der Waals surface area contributed by atoms with Crippen molar-refractivity contribution in [2.45, 2.75) is 24.5 Å². The first-order chi connectivity index (χ1) is 15.0. The van der Waals surface area contributed by atoms with Crippen LogP contribution < -0.4 is 10.9 Å². The van der Waals surface area contributed by atoms with Gasteiger partial charge in [-0.1, -0.05) is 53.2 Å². The molecule has 7 nitrogen and oxygen atoms in total. The quantitative estimate of drug-likeness (QED) is 0.470. The topological polar surface area (TPSA) is 81.8 Å². The number of carbonyl (C=O) groups is 1. The van der Waals surface area contributed by atoms with Gasteiger partial charge in [-0.2, -0.15) is 5.10 Å². The minimum Gasteiger partial charge on any atom is -0.325 e. The number of anilines is 1. The number of halogens is 1. The van der Waals surface area contributed by atoms with Crippen LogP contribution in [0.2, 0.25) is 5.02 Å². The second kappa shape index (κ2) is 7.86. The van der Waals surface area contributed by atoms with Gasteiger partial charge in [-0.15, -0.1) is 0 Å². The summed E-state index contributed by atoms with van der Waals surface area (Å²) in [6.07, 6.45) is 1.70. The molecule has 0 fully saturated rings. The van der Waals surface area contributed by atoms with E-state index in [1.807, 2.05) is 31.2 Å². The van der Waals surface area contributed by atoms with Crippen molar-refractivity contribution in [3.63, 3.8) is 0 Å². The standard InChI is InChI=1S/C22H18ClN5O2S/c1-13-6-8-14(9-7-13)28-20-16(11-24-28)21(30)27-15(12-31-22(27)26-20)10-19(29)25-18-5-3-2-4-17(18)23/h2-9,11,15H,10,12H2,1H3,(H,25,29). The number of para-hydroxylation sites is 1. The zero-order chi connectivity index (χ0) is 21.5. The van der Waals surface area contributed by atoms with E-state index in [0.29, 0.717) is 32.7 Å². The third-order valence-corrected chi connectivity index (χ3v) is 6.65. The number of hydrogen-bond acceptors (Lipinski definition) is 5. The summed E-state index contributed by atoms with van der Waals surface area (Å²) in [5.74, 6) is 0.400. The van der Waals surface area contributed by atoms with Crippen molar-refractivity contribution in [2.75, 3.05) is 11.1 Å². The number of nitrogens with zero attached hydrogens (tertiary/aromatic N) is 4. The summed E-state index contributed by atoms with van der Waals surface area (Å²) >= 11 is 7.60. The Labute approximate surface area is 187 Å². The number of fused-ring (bicyclic) bond motifs is 2. The molecule has 0 aliphatic carbocycles. The highest BCUT2D eigenvalue weighted by Crippen LogP contribution is 2.34. The molecule has 4 aromatic rings. The lowest BCUT2D eigenvalue weighted by molar-refractivity contribution is -0.116. The Kier molecular flexibility index (Phi) is 5.03. The van der Waals surface area contributed by atoms with Gasteiger partial charge < -0.3 is 5.32 Å². The van der Waals surface area contributed by atoms with E-state index >= 15 is 0 Å². The van der Waals surface area contributed by atoms with Crippen LogP contribution >= 0.6 is 23.4 Å². The van der Waals surface area contributed by atoms with Gasteiger partial charge >= 0.3 is 0 Å². The summed E-state index contributed by atoms with van der Waals surface area (Å²) in [5, 5.41) is 8.71. The van der Waals surface area contributed by atoms with Crippen LogP contribution in [0.4, 0.5) is 5.69 Å². The minimum absolute atomic E-state index is 0.157. The van der Waals surface area contributed by atoms with Crippen molar-refractivity contribution in [1.82, 2.24) is 19.3 Å². The fourth-order valence-corrected chi connectivity index (χ4v) is 4.95. The molecule has 1 N–H and O–H groups in total. The zero-order valence-electron chi connectivity index (χ0n) is 16.6. The average molecular weight is 452 g/mol. The third kappa shape index (κ3) is 3.62. The molecular weight excluding hydrogens is 434 g/mol. The summed E-state index contributed by atoms with van der Waals surface area (Å²) in [6.45, 7) is 2.02. The predicted molar refractivity (Wildman–Crippen MR) is 122 cm³/mol. The first-order valence-electron chi connectivity index (χ1n) is 9.76. The van der Waals surface area contributed by atoms with Crippen LogP contribution in [0.25, 0.3) is 16.7 Å². The van der Waals surface area contributed by atoms with E-state index in [4.69, 9.17) is 16.6 Å². The molecule has 1 unspecified atom stereocenters. The van der Waals surface area contributed by atoms with Gasteiger partial charge in [0.1, 0.15) is 5.39 Å². The molecule has 1 atom stereocenters. The van der Waals surface area contributed by atoms with Crippen LogP contribution in [-0.2, 0) is 4.79 Å². The fraction of sp³-hybridized carbons (Fsp3) is 0.182. The van der Waals surface area contributed by atoms with Crippen molar-refractivity contribution >= 4 is 46.0 Å². The highest BCUT2D eigenvalue weighted by molar-refractivity contribution is 7.99. The Morgan fingerprint density at radius 1 is 1.23 bits per heavy atom. The maximum Gasteiger partial charge on any atom is 0.265 e. The molecule has 0 spiro atoms. The second-order valence-electron chi connectivity index (χ2n) is 7.40. The molecule has 2 aromatic heterocycles. The molecule has 1 amide bonds. The first-order valence-corrected chi connectivity index (χ1v) is 11.1. The fourth-order valence-electron chi connectivity index (χ4n) is 3.63. The van der Waals surface area contributed by atoms with Gasteiger partial charge in [0.15, 0.2) is 10.8 Å². The lowest BCUT2D eigenvalue weighted by Crippen LogP contribution is -2.27. The highest BCUT2D eigenvalue weighted by atomic mass is 35.5. The first kappa shape index (κ1) is 19.8.